The zero-order valence-electron chi connectivity index (χ0n) is 31.2. The third kappa shape index (κ3) is 5.16. The molecule has 0 spiro atoms. The average molecular weight is 744 g/mol. The van der Waals surface area contributed by atoms with Gasteiger partial charge in [-0.25, -0.2) is 0 Å². The Kier molecular flexibility index (Phi) is 7.20. The molecule has 0 saturated carbocycles. The molecule has 12 rings (SSSR count). The summed E-state index contributed by atoms with van der Waals surface area (Å²) in [6.07, 6.45) is 0. The number of benzene rings is 9. The van der Waals surface area contributed by atoms with Crippen LogP contribution in [-0.2, 0) is 0 Å². The summed E-state index contributed by atoms with van der Waals surface area (Å²) in [6, 6.07) is 70.1. The third-order valence-electron chi connectivity index (χ3n) is 11.5. The van der Waals surface area contributed by atoms with E-state index in [1.54, 1.807) is 0 Å². The van der Waals surface area contributed by atoms with Crippen molar-refractivity contribution in [2.75, 3.05) is 4.90 Å². The third-order valence-corrected chi connectivity index (χ3v) is 11.5. The summed E-state index contributed by atoms with van der Waals surface area (Å²) in [5.41, 5.74) is 14.7. The minimum absolute atomic E-state index is 0.827. The van der Waals surface area contributed by atoms with Gasteiger partial charge < -0.3 is 18.2 Å². The van der Waals surface area contributed by atoms with E-state index in [9.17, 15) is 0 Å². The maximum atomic E-state index is 6.98. The maximum absolute atomic E-state index is 6.98. The van der Waals surface area contributed by atoms with Crippen molar-refractivity contribution in [1.82, 2.24) is 0 Å². The lowest BCUT2D eigenvalue weighted by Gasteiger charge is -2.26. The summed E-state index contributed by atoms with van der Waals surface area (Å²) < 4.78 is 20.0. The van der Waals surface area contributed by atoms with Crippen LogP contribution in [0.3, 0.4) is 0 Å². The van der Waals surface area contributed by atoms with Gasteiger partial charge >= 0.3 is 0 Å². The minimum atomic E-state index is 0.827. The maximum Gasteiger partial charge on any atom is 0.145 e. The molecule has 9 aromatic carbocycles. The predicted molar refractivity (Wildman–Crippen MR) is 239 cm³/mol. The molecule has 0 radical (unpaired) electrons. The molecule has 12 aromatic rings. The Morgan fingerprint density at radius 3 is 1.53 bits per heavy atom. The Balaban J connectivity index is 1.12. The molecule has 4 heteroatoms. The van der Waals surface area contributed by atoms with Gasteiger partial charge in [-0.15, -0.1) is 0 Å². The Bertz CT molecular complexity index is 3500. The minimum Gasteiger partial charge on any atom is -0.456 e. The second-order valence-corrected chi connectivity index (χ2v) is 14.9. The van der Waals surface area contributed by atoms with Gasteiger partial charge in [0.15, 0.2) is 0 Å². The largest absolute Gasteiger partial charge is 0.456 e. The van der Waals surface area contributed by atoms with Crippen molar-refractivity contribution in [3.05, 3.63) is 200 Å². The monoisotopic (exact) mass is 743 g/mol. The molecule has 0 aliphatic rings. The Morgan fingerprint density at radius 1 is 0.293 bits per heavy atom. The highest BCUT2D eigenvalue weighted by Gasteiger charge is 2.24. The molecular weight excluding hydrogens is 711 g/mol. The van der Waals surface area contributed by atoms with Gasteiger partial charge in [-0.3, -0.25) is 0 Å². The molecule has 0 saturated heterocycles. The number of rotatable bonds is 6. The van der Waals surface area contributed by atoms with Crippen LogP contribution in [0.4, 0.5) is 17.1 Å². The highest BCUT2D eigenvalue weighted by atomic mass is 16.3. The van der Waals surface area contributed by atoms with E-state index in [0.717, 1.165) is 116 Å². The van der Waals surface area contributed by atoms with E-state index in [1.807, 2.05) is 30.3 Å². The molecule has 3 heterocycles. The van der Waals surface area contributed by atoms with Gasteiger partial charge in [-0.2, -0.15) is 0 Å². The van der Waals surface area contributed by atoms with E-state index in [1.165, 1.54) is 0 Å². The molecule has 0 fully saturated rings. The number of para-hydroxylation sites is 1. The summed E-state index contributed by atoms with van der Waals surface area (Å²) in [6.45, 7) is 0. The van der Waals surface area contributed by atoms with Gasteiger partial charge in [0.1, 0.15) is 33.5 Å². The highest BCUT2D eigenvalue weighted by molar-refractivity contribution is 6.18. The number of fused-ring (bicyclic) bond motifs is 9. The predicted octanol–water partition coefficient (Wildman–Crippen LogP) is 15.9. The molecule has 4 nitrogen and oxygen atoms in total. The first kappa shape index (κ1) is 32.4. The molecule has 0 bridgehead atoms. The molecule has 0 atom stereocenters. The standard InChI is InChI=1S/C54H33NO3/c1-4-12-34(13-5-1)37-20-24-44-46-32-39(23-29-49(46)57-50(44)30-37)55(40-22-26-43-42-18-10-11-19-48(42)56-52(43)33-40)47-28-27-41(36-16-8-3-9-17-36)54-53(47)45-25-21-38(31-51(45)58-54)35-14-6-2-7-15-35/h1-33H. The first-order chi connectivity index (χ1) is 28.7. The number of nitrogens with zero attached hydrogens (tertiary/aromatic N) is 1. The molecule has 0 unspecified atom stereocenters. The van der Waals surface area contributed by atoms with Gasteiger partial charge in [0.2, 0.25) is 0 Å². The fourth-order valence-corrected chi connectivity index (χ4v) is 8.70. The van der Waals surface area contributed by atoms with E-state index < -0.39 is 0 Å². The summed E-state index contributed by atoms with van der Waals surface area (Å²) in [5.74, 6) is 0. The van der Waals surface area contributed by atoms with Gasteiger partial charge in [-0.05, 0) is 101 Å². The zero-order valence-corrected chi connectivity index (χ0v) is 31.2. The first-order valence-corrected chi connectivity index (χ1v) is 19.6. The average Bonchev–Trinajstić information content (AvgIpc) is 3.98. The fraction of sp³-hybridized carbons (Fsp3) is 0. The summed E-state index contributed by atoms with van der Waals surface area (Å²) in [7, 11) is 0. The van der Waals surface area contributed by atoms with Crippen LogP contribution in [0.5, 0.6) is 0 Å². The zero-order chi connectivity index (χ0) is 38.2. The lowest BCUT2D eigenvalue weighted by Crippen LogP contribution is -2.10. The lowest BCUT2D eigenvalue weighted by molar-refractivity contribution is 0.668. The number of anilines is 3. The van der Waals surface area contributed by atoms with Crippen LogP contribution in [0, 0.1) is 0 Å². The van der Waals surface area contributed by atoms with Gasteiger partial charge in [0.25, 0.3) is 0 Å². The van der Waals surface area contributed by atoms with Crippen LogP contribution < -0.4 is 4.90 Å². The molecular formula is C54H33NO3. The second kappa shape index (κ2) is 12.9. The van der Waals surface area contributed by atoms with Crippen molar-refractivity contribution >= 4 is 82.9 Å². The molecule has 0 aliphatic carbocycles. The summed E-state index contributed by atoms with van der Waals surface area (Å²) in [4.78, 5) is 2.33. The van der Waals surface area contributed by atoms with E-state index in [0.29, 0.717) is 0 Å². The van der Waals surface area contributed by atoms with Gasteiger partial charge in [0, 0.05) is 49.9 Å². The van der Waals surface area contributed by atoms with Crippen LogP contribution in [0.15, 0.2) is 213 Å². The molecule has 58 heavy (non-hydrogen) atoms. The Labute approximate surface area is 333 Å². The molecule has 0 amide bonds. The van der Waals surface area contributed by atoms with Crippen molar-refractivity contribution in [2.45, 2.75) is 0 Å². The summed E-state index contributed by atoms with van der Waals surface area (Å²) >= 11 is 0. The van der Waals surface area contributed by atoms with E-state index in [-0.39, 0.29) is 0 Å². The SMILES string of the molecule is c1ccc(-c2ccc3c(c2)oc2ccc(N(c4ccc5c(c4)oc4ccccc45)c4ccc(-c5ccccc5)c5oc6cc(-c7ccccc7)ccc6c45)cc23)cc1. The van der Waals surface area contributed by atoms with Crippen molar-refractivity contribution < 1.29 is 13.3 Å². The van der Waals surface area contributed by atoms with E-state index in [2.05, 4.69) is 175 Å². The molecule has 0 N–H and O–H groups in total. The number of hydrogen-bond donors (Lipinski definition) is 0. The topological polar surface area (TPSA) is 42.7 Å². The van der Waals surface area contributed by atoms with Crippen LogP contribution in [0.25, 0.3) is 99.2 Å². The quantitative estimate of drug-likeness (QED) is 0.170. The smallest absolute Gasteiger partial charge is 0.145 e. The van der Waals surface area contributed by atoms with Crippen LogP contribution >= 0.6 is 0 Å². The molecule has 0 aliphatic heterocycles. The van der Waals surface area contributed by atoms with Crippen molar-refractivity contribution in [1.29, 1.82) is 0 Å². The van der Waals surface area contributed by atoms with Gasteiger partial charge in [0.05, 0.1) is 11.1 Å². The lowest BCUT2D eigenvalue weighted by atomic mass is 9.98. The van der Waals surface area contributed by atoms with Crippen molar-refractivity contribution in [2.24, 2.45) is 0 Å². The van der Waals surface area contributed by atoms with Crippen molar-refractivity contribution in [3.63, 3.8) is 0 Å². The van der Waals surface area contributed by atoms with E-state index >= 15 is 0 Å². The molecule has 272 valence electrons. The number of furan rings is 3. The van der Waals surface area contributed by atoms with Gasteiger partial charge in [-0.1, -0.05) is 121 Å². The Hall–Kier alpha value is -7.82. The first-order valence-electron chi connectivity index (χ1n) is 19.6. The number of hydrogen-bond acceptors (Lipinski definition) is 4. The van der Waals surface area contributed by atoms with Crippen LogP contribution in [-0.4, -0.2) is 0 Å². The second-order valence-electron chi connectivity index (χ2n) is 14.9. The van der Waals surface area contributed by atoms with E-state index in [4.69, 9.17) is 13.3 Å². The van der Waals surface area contributed by atoms with Crippen LogP contribution in [0.2, 0.25) is 0 Å². The molecule has 3 aromatic heterocycles. The normalized spacial score (nSPS) is 11.8. The Morgan fingerprint density at radius 2 is 0.810 bits per heavy atom. The fourth-order valence-electron chi connectivity index (χ4n) is 8.70. The van der Waals surface area contributed by atoms with Crippen molar-refractivity contribution in [3.8, 4) is 33.4 Å². The summed E-state index contributed by atoms with van der Waals surface area (Å²) in [5, 5.41) is 6.36. The van der Waals surface area contributed by atoms with Crippen LogP contribution in [0.1, 0.15) is 0 Å². The highest BCUT2D eigenvalue weighted by Crippen LogP contribution is 2.48.